The summed E-state index contributed by atoms with van der Waals surface area (Å²) in [6.07, 6.45) is 5.91. The lowest BCUT2D eigenvalue weighted by Crippen LogP contribution is -2.15. The molecule has 0 unspecified atom stereocenters. The van der Waals surface area contributed by atoms with Gasteiger partial charge in [0.05, 0.1) is 27.4 Å². The minimum absolute atomic E-state index is 0.0248. The van der Waals surface area contributed by atoms with E-state index in [1.54, 1.807) is 43.3 Å². The van der Waals surface area contributed by atoms with Crippen molar-refractivity contribution in [2.75, 3.05) is 14.2 Å². The molecule has 0 saturated carbocycles. The number of benzene rings is 4. The molecular weight excluding hydrogens is 608 g/mol. The summed E-state index contributed by atoms with van der Waals surface area (Å²) in [5, 5.41) is 56.6. The maximum Gasteiger partial charge on any atom is 0.233 e. The molecule has 11 nitrogen and oxygen atoms in total. The lowest BCUT2D eigenvalue weighted by atomic mass is 9.98. The topological polar surface area (TPSA) is 191 Å². The highest BCUT2D eigenvalue weighted by atomic mass is 16.5. The average Bonchev–Trinajstić information content (AvgIpc) is 3.08. The standard InChI is InChI=1S/C20H20O6.C16H14O5/c1-25-18-10-13(5-8-17(18)23)3-6-16(22)7-4-14-9-15(12-21)20(24)19(11-14)26-2;1-9-6-10(2-4-13(9)18)15(20)16(21)11-3-5-14(19)12(7-11)8-17/h3-11,21,23-24H,12H2,1-2H3;2-7,17-19H,8H2,1H3/b6-3+,7-4+;. The molecule has 0 amide bonds. The van der Waals surface area contributed by atoms with E-state index in [-0.39, 0.29) is 57.8 Å². The zero-order valence-electron chi connectivity index (χ0n) is 25.8. The van der Waals surface area contributed by atoms with Gasteiger partial charge in [-0.2, -0.15) is 0 Å². The van der Waals surface area contributed by atoms with Crippen LogP contribution in [0.2, 0.25) is 0 Å². The van der Waals surface area contributed by atoms with Crippen molar-refractivity contribution in [3.8, 4) is 34.5 Å². The molecule has 6 N–H and O–H groups in total. The van der Waals surface area contributed by atoms with E-state index in [1.165, 1.54) is 68.8 Å². The largest absolute Gasteiger partial charge is 0.508 e. The molecule has 0 heterocycles. The molecule has 0 radical (unpaired) electrons. The highest BCUT2D eigenvalue weighted by Crippen LogP contribution is 2.32. The van der Waals surface area contributed by atoms with Crippen molar-refractivity contribution in [1.29, 1.82) is 0 Å². The lowest BCUT2D eigenvalue weighted by Gasteiger charge is -2.08. The van der Waals surface area contributed by atoms with E-state index in [4.69, 9.17) is 14.6 Å². The van der Waals surface area contributed by atoms with Gasteiger partial charge in [0.25, 0.3) is 0 Å². The van der Waals surface area contributed by atoms with Crippen molar-refractivity contribution >= 4 is 29.5 Å². The number of carbonyl (C=O) groups excluding carboxylic acids is 3. The lowest BCUT2D eigenvalue weighted by molar-refractivity contribution is -0.110. The van der Waals surface area contributed by atoms with Gasteiger partial charge in [-0.05, 0) is 96.4 Å². The Balaban J connectivity index is 0.000000261. The van der Waals surface area contributed by atoms with Gasteiger partial charge in [-0.25, -0.2) is 0 Å². The number of phenolic OH excluding ortho intramolecular Hbond substituents is 2. The Morgan fingerprint density at radius 1 is 0.617 bits per heavy atom. The number of aliphatic hydroxyl groups is 2. The number of hydrogen-bond acceptors (Lipinski definition) is 11. The molecule has 244 valence electrons. The van der Waals surface area contributed by atoms with Gasteiger partial charge < -0.3 is 40.1 Å². The molecule has 0 fully saturated rings. The summed E-state index contributed by atoms with van der Waals surface area (Å²) in [6, 6.07) is 15.9. The number of carbonyl (C=O) groups is 3. The molecule has 0 bridgehead atoms. The Kier molecular flexibility index (Phi) is 12.4. The Bertz CT molecular complexity index is 1810. The predicted molar refractivity (Wildman–Crippen MR) is 174 cm³/mol. The fourth-order valence-electron chi connectivity index (χ4n) is 4.18. The van der Waals surface area contributed by atoms with Crippen molar-refractivity contribution in [3.05, 3.63) is 118 Å². The van der Waals surface area contributed by atoms with E-state index in [2.05, 4.69) is 0 Å². The molecule has 4 aromatic rings. The predicted octanol–water partition coefficient (Wildman–Crippen LogP) is 4.87. The number of aromatic hydroxyl groups is 4. The maximum atomic E-state index is 12.1. The van der Waals surface area contributed by atoms with Crippen LogP contribution in [-0.2, 0) is 18.0 Å². The number of Topliss-reactive ketones (excluding diaryl/α,β-unsaturated/α-hetero) is 2. The minimum Gasteiger partial charge on any atom is -0.508 e. The zero-order valence-corrected chi connectivity index (χ0v) is 25.8. The number of ketones is 3. The molecule has 0 aliphatic carbocycles. The fourth-order valence-corrected chi connectivity index (χ4v) is 4.18. The van der Waals surface area contributed by atoms with Gasteiger partial charge in [-0.3, -0.25) is 14.4 Å². The third-order valence-corrected chi connectivity index (χ3v) is 6.83. The van der Waals surface area contributed by atoms with Crippen LogP contribution in [0.25, 0.3) is 12.2 Å². The van der Waals surface area contributed by atoms with Crippen molar-refractivity contribution in [2.45, 2.75) is 20.1 Å². The Labute approximate surface area is 270 Å². The second-order valence-corrected chi connectivity index (χ2v) is 10.1. The monoisotopic (exact) mass is 642 g/mol. The van der Waals surface area contributed by atoms with Gasteiger partial charge in [0.15, 0.2) is 28.8 Å². The first-order valence-electron chi connectivity index (χ1n) is 14.0. The van der Waals surface area contributed by atoms with Gasteiger partial charge in [0.2, 0.25) is 11.6 Å². The van der Waals surface area contributed by atoms with E-state index >= 15 is 0 Å². The van der Waals surface area contributed by atoms with Gasteiger partial charge in [0, 0.05) is 22.3 Å². The Hall–Kier alpha value is -5.91. The van der Waals surface area contributed by atoms with E-state index in [9.17, 15) is 39.9 Å². The molecule has 0 spiro atoms. The molecule has 0 aromatic heterocycles. The third kappa shape index (κ3) is 9.30. The van der Waals surface area contributed by atoms with Crippen LogP contribution in [0.15, 0.2) is 78.9 Å². The molecular formula is C36H34O11. The van der Waals surface area contributed by atoms with Crippen molar-refractivity contribution in [3.63, 3.8) is 0 Å². The Morgan fingerprint density at radius 2 is 1.15 bits per heavy atom. The summed E-state index contributed by atoms with van der Waals surface area (Å²) >= 11 is 0. The molecule has 4 rings (SSSR count). The summed E-state index contributed by atoms with van der Waals surface area (Å²) < 4.78 is 10.1. The van der Waals surface area contributed by atoms with E-state index < -0.39 is 18.2 Å². The fraction of sp³-hybridized carbons (Fsp3) is 0.139. The summed E-state index contributed by atoms with van der Waals surface area (Å²) in [6.45, 7) is 0.848. The number of methoxy groups -OCH3 is 2. The van der Waals surface area contributed by atoms with Crippen molar-refractivity contribution in [2.24, 2.45) is 0 Å². The quantitative estimate of drug-likeness (QED) is 0.0743. The maximum absolute atomic E-state index is 12.1. The molecule has 0 atom stereocenters. The Morgan fingerprint density at radius 3 is 1.72 bits per heavy atom. The number of aliphatic hydroxyl groups excluding tert-OH is 2. The van der Waals surface area contributed by atoms with Gasteiger partial charge in [-0.15, -0.1) is 0 Å². The van der Waals surface area contributed by atoms with Gasteiger partial charge >= 0.3 is 0 Å². The highest BCUT2D eigenvalue weighted by molar-refractivity contribution is 6.49. The number of ether oxygens (including phenoxy) is 2. The number of hydrogen-bond donors (Lipinski definition) is 6. The first kappa shape index (κ1) is 35.6. The summed E-state index contributed by atoms with van der Waals surface area (Å²) in [7, 11) is 2.85. The zero-order chi connectivity index (χ0) is 34.7. The first-order chi connectivity index (χ1) is 22.4. The normalized spacial score (nSPS) is 10.8. The molecule has 47 heavy (non-hydrogen) atoms. The van der Waals surface area contributed by atoms with Gasteiger partial charge in [0.1, 0.15) is 11.5 Å². The van der Waals surface area contributed by atoms with E-state index in [1.807, 2.05) is 0 Å². The second kappa shape index (κ2) is 16.4. The number of rotatable bonds is 11. The smallest absolute Gasteiger partial charge is 0.233 e. The van der Waals surface area contributed by atoms with Crippen LogP contribution in [0, 0.1) is 6.92 Å². The van der Waals surface area contributed by atoms with Crippen LogP contribution in [0.3, 0.4) is 0 Å². The molecule has 11 heteroatoms. The first-order valence-corrected chi connectivity index (χ1v) is 14.0. The third-order valence-electron chi connectivity index (χ3n) is 6.83. The molecule has 0 saturated heterocycles. The number of aryl methyl sites for hydroxylation is 1. The van der Waals surface area contributed by atoms with Crippen LogP contribution in [-0.4, -0.2) is 62.2 Å². The average molecular weight is 643 g/mol. The highest BCUT2D eigenvalue weighted by Gasteiger charge is 2.20. The van der Waals surface area contributed by atoms with Gasteiger partial charge in [-0.1, -0.05) is 18.2 Å². The van der Waals surface area contributed by atoms with Crippen LogP contribution in [0.4, 0.5) is 0 Å². The molecule has 0 aliphatic heterocycles. The summed E-state index contributed by atoms with van der Waals surface area (Å²) in [5.41, 5.74) is 2.56. The number of phenols is 4. The van der Waals surface area contributed by atoms with Crippen LogP contribution >= 0.6 is 0 Å². The van der Waals surface area contributed by atoms with Crippen molar-refractivity contribution < 1.29 is 54.5 Å². The van der Waals surface area contributed by atoms with E-state index in [0.717, 1.165) is 0 Å². The van der Waals surface area contributed by atoms with E-state index in [0.29, 0.717) is 28.0 Å². The van der Waals surface area contributed by atoms with Crippen LogP contribution in [0.5, 0.6) is 34.5 Å². The summed E-state index contributed by atoms with van der Waals surface area (Å²) in [5.74, 6) is -1.36. The van der Waals surface area contributed by atoms with Crippen LogP contribution in [0.1, 0.15) is 48.5 Å². The molecule has 0 aliphatic rings. The number of allylic oxidation sites excluding steroid dienone is 2. The summed E-state index contributed by atoms with van der Waals surface area (Å²) in [4.78, 5) is 36.3. The second-order valence-electron chi connectivity index (χ2n) is 10.1. The minimum atomic E-state index is -0.741. The SMILES string of the molecule is COc1cc(/C=C/C(=O)/C=C/c2cc(CO)c(O)c(OC)c2)ccc1O.Cc1cc(C(=O)C(=O)c2ccc(O)c(CO)c2)ccc1O. The molecule has 4 aromatic carbocycles. The van der Waals surface area contributed by atoms with Crippen LogP contribution < -0.4 is 9.47 Å². The van der Waals surface area contributed by atoms with Crippen molar-refractivity contribution in [1.82, 2.24) is 0 Å².